The van der Waals surface area contributed by atoms with Crippen LogP contribution in [0.2, 0.25) is 0 Å². The van der Waals surface area contributed by atoms with Crippen LogP contribution in [0.25, 0.3) is 0 Å². The summed E-state index contributed by atoms with van der Waals surface area (Å²) in [7, 11) is 0. The quantitative estimate of drug-likeness (QED) is 0.304. The second kappa shape index (κ2) is 9.79. The molecular formula is C27H19F5O. The molecule has 0 saturated carbocycles. The average molecular weight is 454 g/mol. The Bertz CT molecular complexity index is 1270. The molecule has 6 heteroatoms. The van der Waals surface area contributed by atoms with E-state index in [1.54, 1.807) is 12.1 Å². The first kappa shape index (κ1) is 23.9. The van der Waals surface area contributed by atoms with Gasteiger partial charge in [0.05, 0.1) is 5.56 Å². The van der Waals surface area contributed by atoms with Crippen LogP contribution in [0.5, 0.6) is 5.75 Å². The lowest BCUT2D eigenvalue weighted by Gasteiger charge is -2.13. The highest BCUT2D eigenvalue weighted by molar-refractivity contribution is 5.58. The zero-order valence-electron chi connectivity index (χ0n) is 18.1. The van der Waals surface area contributed by atoms with Gasteiger partial charge in [-0.3, -0.25) is 0 Å². The van der Waals surface area contributed by atoms with Crippen molar-refractivity contribution in [1.29, 1.82) is 0 Å². The van der Waals surface area contributed by atoms with E-state index in [1.165, 1.54) is 13.0 Å². The van der Waals surface area contributed by atoms with Crippen molar-refractivity contribution in [3.05, 3.63) is 99.1 Å². The summed E-state index contributed by atoms with van der Waals surface area (Å²) in [5, 5.41) is 0. The maximum absolute atomic E-state index is 13.8. The number of halogens is 5. The summed E-state index contributed by atoms with van der Waals surface area (Å²) in [6, 6.07) is 12.0. The lowest BCUT2D eigenvalue weighted by atomic mass is 10.00. The molecule has 0 aliphatic rings. The minimum atomic E-state index is -4.93. The van der Waals surface area contributed by atoms with E-state index in [0.29, 0.717) is 17.5 Å². The monoisotopic (exact) mass is 454 g/mol. The minimum absolute atomic E-state index is 0.0581. The van der Waals surface area contributed by atoms with Gasteiger partial charge in [-0.05, 0) is 62.2 Å². The van der Waals surface area contributed by atoms with Crippen LogP contribution >= 0.6 is 0 Å². The molecule has 0 aliphatic carbocycles. The smallest absolute Gasteiger partial charge is 0.404 e. The van der Waals surface area contributed by atoms with Gasteiger partial charge in [-0.25, -0.2) is 8.78 Å². The Morgan fingerprint density at radius 2 is 1.33 bits per heavy atom. The van der Waals surface area contributed by atoms with E-state index in [-0.39, 0.29) is 22.3 Å². The predicted octanol–water partition coefficient (Wildman–Crippen LogP) is 6.84. The van der Waals surface area contributed by atoms with Gasteiger partial charge in [-0.1, -0.05) is 48.3 Å². The summed E-state index contributed by atoms with van der Waals surface area (Å²) >= 11 is 0. The van der Waals surface area contributed by atoms with Crippen LogP contribution in [-0.2, 0) is 6.42 Å². The van der Waals surface area contributed by atoms with E-state index in [2.05, 4.69) is 28.4 Å². The molecule has 1 nitrogen and oxygen atoms in total. The maximum atomic E-state index is 13.8. The summed E-state index contributed by atoms with van der Waals surface area (Å²) in [6.07, 6.45) is -4.48. The molecule has 0 aliphatic heterocycles. The van der Waals surface area contributed by atoms with Crippen molar-refractivity contribution >= 4 is 0 Å². The second-order valence-electron chi connectivity index (χ2n) is 7.34. The summed E-state index contributed by atoms with van der Waals surface area (Å²) in [5.41, 5.74) is 2.54. The summed E-state index contributed by atoms with van der Waals surface area (Å²) in [6.45, 7) is 5.03. The van der Waals surface area contributed by atoms with Crippen molar-refractivity contribution in [2.75, 3.05) is 0 Å². The molecule has 3 aromatic rings. The third-order valence-electron chi connectivity index (χ3n) is 4.83. The Hall–Kier alpha value is -3.77. The van der Waals surface area contributed by atoms with E-state index in [0.717, 1.165) is 23.8 Å². The molecule has 0 unspecified atom stereocenters. The molecular weight excluding hydrogens is 435 g/mol. The first-order chi connectivity index (χ1) is 15.6. The third kappa shape index (κ3) is 6.37. The Balaban J connectivity index is 2.08. The fraction of sp³-hybridized carbons (Fsp3) is 0.185. The predicted molar refractivity (Wildman–Crippen MR) is 117 cm³/mol. The van der Waals surface area contributed by atoms with Gasteiger partial charge >= 0.3 is 6.36 Å². The van der Waals surface area contributed by atoms with Crippen molar-refractivity contribution < 1.29 is 26.7 Å². The van der Waals surface area contributed by atoms with Crippen molar-refractivity contribution in [3.8, 4) is 29.4 Å². The largest absolute Gasteiger partial charge is 0.573 e. The van der Waals surface area contributed by atoms with Crippen LogP contribution in [0.1, 0.15) is 45.9 Å². The van der Waals surface area contributed by atoms with Gasteiger partial charge in [0.25, 0.3) is 0 Å². The van der Waals surface area contributed by atoms with Crippen LogP contribution in [0.4, 0.5) is 22.0 Å². The molecule has 0 radical (unpaired) electrons. The molecule has 0 atom stereocenters. The van der Waals surface area contributed by atoms with Crippen LogP contribution in [0.15, 0.2) is 48.5 Å². The second-order valence-corrected chi connectivity index (χ2v) is 7.34. The Kier molecular flexibility index (Phi) is 7.09. The fourth-order valence-corrected chi connectivity index (χ4v) is 2.97. The molecule has 0 spiro atoms. The highest BCUT2D eigenvalue weighted by Crippen LogP contribution is 2.29. The minimum Gasteiger partial charge on any atom is -0.404 e. The molecule has 33 heavy (non-hydrogen) atoms. The van der Waals surface area contributed by atoms with Crippen LogP contribution in [0, 0.1) is 49.2 Å². The molecule has 3 aromatic carbocycles. The number of alkyl halides is 3. The maximum Gasteiger partial charge on any atom is 0.573 e. The highest BCUT2D eigenvalue weighted by Gasteiger charge is 2.32. The van der Waals surface area contributed by atoms with E-state index in [4.69, 9.17) is 0 Å². The van der Waals surface area contributed by atoms with Crippen molar-refractivity contribution in [2.45, 2.75) is 33.6 Å². The standard InChI is InChI=1S/C27H19F5O/c1-4-21-15-23(12-9-19-7-5-17(2)6-8-19)26(33-27(30,31)32)16-22(21)11-10-20-13-24(28)18(3)25(29)14-20/h5-8,13-16H,4H2,1-3H3. The third-order valence-corrected chi connectivity index (χ3v) is 4.83. The van der Waals surface area contributed by atoms with Crippen molar-refractivity contribution in [3.63, 3.8) is 0 Å². The molecule has 0 bridgehead atoms. The van der Waals surface area contributed by atoms with E-state index >= 15 is 0 Å². The Labute approximate surface area is 189 Å². The first-order valence-electron chi connectivity index (χ1n) is 10.0. The van der Waals surface area contributed by atoms with Gasteiger partial charge in [-0.15, -0.1) is 13.2 Å². The molecule has 0 saturated heterocycles. The van der Waals surface area contributed by atoms with Gasteiger partial charge in [0.15, 0.2) is 0 Å². The lowest BCUT2D eigenvalue weighted by molar-refractivity contribution is -0.274. The lowest BCUT2D eigenvalue weighted by Crippen LogP contribution is -2.18. The van der Waals surface area contributed by atoms with Gasteiger partial charge in [0.1, 0.15) is 17.4 Å². The molecule has 0 aromatic heterocycles. The highest BCUT2D eigenvalue weighted by atomic mass is 19.4. The van der Waals surface area contributed by atoms with Crippen LogP contribution in [0.3, 0.4) is 0 Å². The zero-order valence-corrected chi connectivity index (χ0v) is 18.1. The molecule has 3 rings (SSSR count). The molecule has 0 fully saturated rings. The van der Waals surface area contributed by atoms with E-state index in [1.807, 2.05) is 26.0 Å². The first-order valence-corrected chi connectivity index (χ1v) is 10.0. The number of rotatable bonds is 2. The van der Waals surface area contributed by atoms with E-state index in [9.17, 15) is 22.0 Å². The zero-order chi connectivity index (χ0) is 24.2. The van der Waals surface area contributed by atoms with Gasteiger partial charge in [0.2, 0.25) is 0 Å². The normalized spacial score (nSPS) is 10.7. The SMILES string of the molecule is CCc1cc(C#Cc2ccc(C)cc2)c(OC(F)(F)F)cc1C#Cc1cc(F)c(C)c(F)c1. The van der Waals surface area contributed by atoms with Gasteiger partial charge in [-0.2, -0.15) is 0 Å². The number of benzene rings is 3. The number of ether oxygens (including phenoxy) is 1. The van der Waals surface area contributed by atoms with Crippen molar-refractivity contribution in [1.82, 2.24) is 0 Å². The van der Waals surface area contributed by atoms with Gasteiger partial charge < -0.3 is 4.74 Å². The van der Waals surface area contributed by atoms with Crippen LogP contribution in [-0.4, -0.2) is 6.36 Å². The van der Waals surface area contributed by atoms with E-state index < -0.39 is 23.7 Å². The fourth-order valence-electron chi connectivity index (χ4n) is 2.97. The van der Waals surface area contributed by atoms with Crippen LogP contribution < -0.4 is 4.74 Å². The topological polar surface area (TPSA) is 9.23 Å². The number of aryl methyl sites for hydroxylation is 2. The van der Waals surface area contributed by atoms with Gasteiger partial charge in [0, 0.05) is 22.3 Å². The molecule has 0 heterocycles. The Morgan fingerprint density at radius 1 is 0.758 bits per heavy atom. The summed E-state index contributed by atoms with van der Waals surface area (Å²) in [4.78, 5) is 0. The summed E-state index contributed by atoms with van der Waals surface area (Å²) < 4.78 is 70.9. The average Bonchev–Trinajstić information content (AvgIpc) is 2.75. The number of hydrogen-bond donors (Lipinski definition) is 0. The number of hydrogen-bond acceptors (Lipinski definition) is 1. The summed E-state index contributed by atoms with van der Waals surface area (Å²) in [5.74, 6) is 8.91. The molecule has 168 valence electrons. The van der Waals surface area contributed by atoms with Crippen molar-refractivity contribution in [2.24, 2.45) is 0 Å². The Morgan fingerprint density at radius 3 is 1.91 bits per heavy atom. The molecule has 0 N–H and O–H groups in total. The molecule has 0 amide bonds.